The number of rotatable bonds is 3. The molecule has 2 nitrogen and oxygen atoms in total. The molecule has 0 bridgehead atoms. The lowest BCUT2D eigenvalue weighted by atomic mass is 10.2. The number of benzene rings is 1. The summed E-state index contributed by atoms with van der Waals surface area (Å²) in [5, 5.41) is 0. The van der Waals surface area contributed by atoms with E-state index in [2.05, 4.69) is 35.5 Å². The van der Waals surface area contributed by atoms with Crippen molar-refractivity contribution in [3.8, 4) is 41.3 Å². The van der Waals surface area contributed by atoms with Crippen LogP contribution in [0.15, 0.2) is 24.3 Å². The minimum atomic E-state index is 0.262. The molecular formula is C16H12O2. The molecule has 1 unspecified atom stereocenters. The summed E-state index contributed by atoms with van der Waals surface area (Å²) in [5.74, 6) is 17.1. The zero-order chi connectivity index (χ0) is 12.6. The second-order valence-corrected chi connectivity index (χ2v) is 3.67. The molecular weight excluding hydrogens is 224 g/mol. The zero-order valence-electron chi connectivity index (χ0n) is 10.1. The summed E-state index contributed by atoms with van der Waals surface area (Å²) in [6.07, 6.45) is 0.262. The van der Waals surface area contributed by atoms with Crippen molar-refractivity contribution < 1.29 is 9.47 Å². The van der Waals surface area contributed by atoms with Gasteiger partial charge in [0.05, 0.1) is 6.61 Å². The summed E-state index contributed by atoms with van der Waals surface area (Å²) in [5.41, 5.74) is 0.878. The van der Waals surface area contributed by atoms with Crippen molar-refractivity contribution >= 4 is 0 Å². The Balaban J connectivity index is 1.97. The van der Waals surface area contributed by atoms with Gasteiger partial charge in [-0.25, -0.2) is 0 Å². The van der Waals surface area contributed by atoms with Crippen LogP contribution in [0.3, 0.4) is 0 Å². The van der Waals surface area contributed by atoms with Crippen molar-refractivity contribution in [2.75, 3.05) is 13.2 Å². The number of hydrogen-bond donors (Lipinski definition) is 0. The largest absolute Gasteiger partial charge is 0.491 e. The van der Waals surface area contributed by atoms with E-state index in [1.807, 2.05) is 24.3 Å². The van der Waals surface area contributed by atoms with Gasteiger partial charge in [0, 0.05) is 5.56 Å². The van der Waals surface area contributed by atoms with Gasteiger partial charge in [0.1, 0.15) is 18.5 Å². The van der Waals surface area contributed by atoms with Crippen LogP contribution < -0.4 is 4.74 Å². The normalized spacial score (nSPS) is 15.1. The molecule has 0 aromatic heterocycles. The van der Waals surface area contributed by atoms with Gasteiger partial charge in [-0.3, -0.25) is 0 Å². The fourth-order valence-corrected chi connectivity index (χ4v) is 1.25. The van der Waals surface area contributed by atoms with Crippen LogP contribution >= 0.6 is 0 Å². The molecule has 1 saturated heterocycles. The molecule has 1 atom stereocenters. The van der Waals surface area contributed by atoms with E-state index >= 15 is 0 Å². The topological polar surface area (TPSA) is 21.8 Å². The quantitative estimate of drug-likeness (QED) is 0.590. The fourth-order valence-electron chi connectivity index (χ4n) is 1.25. The Morgan fingerprint density at radius 3 is 2.89 bits per heavy atom. The van der Waals surface area contributed by atoms with Crippen LogP contribution in [0.25, 0.3) is 0 Å². The maximum absolute atomic E-state index is 5.56. The second kappa shape index (κ2) is 6.41. The Morgan fingerprint density at radius 2 is 2.11 bits per heavy atom. The SMILES string of the molecule is CC#CC#CC#Cc1cccc(OCC2CO2)c1. The number of hydrogen-bond acceptors (Lipinski definition) is 2. The smallest absolute Gasteiger partial charge is 0.120 e. The summed E-state index contributed by atoms with van der Waals surface area (Å²) in [6.45, 7) is 3.14. The maximum atomic E-state index is 5.56. The second-order valence-electron chi connectivity index (χ2n) is 3.67. The highest BCUT2D eigenvalue weighted by molar-refractivity contribution is 5.44. The molecule has 1 aromatic carbocycles. The van der Waals surface area contributed by atoms with Crippen LogP contribution in [0.2, 0.25) is 0 Å². The van der Waals surface area contributed by atoms with Gasteiger partial charge in [0.2, 0.25) is 0 Å². The summed E-state index contributed by atoms with van der Waals surface area (Å²) in [4.78, 5) is 0. The highest BCUT2D eigenvalue weighted by Gasteiger charge is 2.22. The molecule has 0 spiro atoms. The van der Waals surface area contributed by atoms with Crippen LogP contribution in [0.5, 0.6) is 5.75 Å². The lowest BCUT2D eigenvalue weighted by molar-refractivity contribution is 0.263. The van der Waals surface area contributed by atoms with Crippen LogP contribution in [-0.2, 0) is 4.74 Å². The molecule has 0 amide bonds. The highest BCUT2D eigenvalue weighted by Crippen LogP contribution is 2.16. The molecule has 2 heteroatoms. The van der Waals surface area contributed by atoms with Crippen molar-refractivity contribution in [1.29, 1.82) is 0 Å². The Hall–Kier alpha value is -2.34. The number of epoxide rings is 1. The average Bonchev–Trinajstić information content (AvgIpc) is 3.21. The fraction of sp³-hybridized carbons (Fsp3) is 0.250. The van der Waals surface area contributed by atoms with Gasteiger partial charge >= 0.3 is 0 Å². The van der Waals surface area contributed by atoms with E-state index in [1.54, 1.807) is 6.92 Å². The van der Waals surface area contributed by atoms with E-state index in [1.165, 1.54) is 0 Å². The molecule has 1 aliphatic heterocycles. The van der Waals surface area contributed by atoms with Gasteiger partial charge in [-0.1, -0.05) is 17.9 Å². The lowest BCUT2D eigenvalue weighted by Gasteiger charge is -2.03. The van der Waals surface area contributed by atoms with Gasteiger partial charge in [0.25, 0.3) is 0 Å². The zero-order valence-corrected chi connectivity index (χ0v) is 10.1. The Labute approximate surface area is 107 Å². The van der Waals surface area contributed by atoms with Gasteiger partial charge in [-0.15, -0.1) is 0 Å². The molecule has 18 heavy (non-hydrogen) atoms. The molecule has 0 aliphatic carbocycles. The summed E-state index contributed by atoms with van der Waals surface area (Å²) < 4.78 is 10.6. The van der Waals surface area contributed by atoms with Crippen molar-refractivity contribution in [2.24, 2.45) is 0 Å². The van der Waals surface area contributed by atoms with E-state index in [4.69, 9.17) is 9.47 Å². The monoisotopic (exact) mass is 236 g/mol. The molecule has 1 fully saturated rings. The van der Waals surface area contributed by atoms with Gasteiger partial charge < -0.3 is 9.47 Å². The van der Waals surface area contributed by atoms with Crippen LogP contribution in [0.1, 0.15) is 12.5 Å². The third-order valence-corrected chi connectivity index (χ3v) is 2.19. The molecule has 2 rings (SSSR count). The van der Waals surface area contributed by atoms with E-state index < -0.39 is 0 Å². The van der Waals surface area contributed by atoms with E-state index in [9.17, 15) is 0 Å². The standard InChI is InChI=1S/C16H12O2/c1-2-3-4-5-6-8-14-9-7-10-15(11-14)17-12-16-13-18-16/h7,9-11,16H,12-13H2,1H3. The average molecular weight is 236 g/mol. The molecule has 0 radical (unpaired) electrons. The molecule has 88 valence electrons. The maximum Gasteiger partial charge on any atom is 0.120 e. The van der Waals surface area contributed by atoms with Gasteiger partial charge in [0.15, 0.2) is 0 Å². The van der Waals surface area contributed by atoms with Crippen molar-refractivity contribution in [3.05, 3.63) is 29.8 Å². The Morgan fingerprint density at radius 1 is 1.28 bits per heavy atom. The first-order valence-corrected chi connectivity index (χ1v) is 5.66. The van der Waals surface area contributed by atoms with Crippen molar-refractivity contribution in [1.82, 2.24) is 0 Å². The van der Waals surface area contributed by atoms with E-state index in [0.717, 1.165) is 17.9 Å². The minimum absolute atomic E-state index is 0.262. The first-order valence-electron chi connectivity index (χ1n) is 5.66. The highest BCUT2D eigenvalue weighted by atomic mass is 16.6. The van der Waals surface area contributed by atoms with Crippen LogP contribution in [-0.4, -0.2) is 19.3 Å². The summed E-state index contributed by atoms with van der Waals surface area (Å²) in [7, 11) is 0. The molecule has 0 N–H and O–H groups in total. The van der Waals surface area contributed by atoms with E-state index in [-0.39, 0.29) is 6.10 Å². The van der Waals surface area contributed by atoms with Crippen LogP contribution in [0, 0.1) is 35.5 Å². The molecule has 1 aliphatic rings. The number of ether oxygens (including phenoxy) is 2. The first kappa shape index (κ1) is 12.1. The molecule has 1 heterocycles. The third kappa shape index (κ3) is 4.26. The van der Waals surface area contributed by atoms with E-state index in [0.29, 0.717) is 6.61 Å². The predicted octanol–water partition coefficient (Wildman–Crippen LogP) is 1.84. The van der Waals surface area contributed by atoms with Crippen molar-refractivity contribution in [3.63, 3.8) is 0 Å². The van der Waals surface area contributed by atoms with Crippen LogP contribution in [0.4, 0.5) is 0 Å². The Bertz CT molecular complexity index is 593. The summed E-state index contributed by atoms with van der Waals surface area (Å²) >= 11 is 0. The predicted molar refractivity (Wildman–Crippen MR) is 69.8 cm³/mol. The van der Waals surface area contributed by atoms with Crippen molar-refractivity contribution in [2.45, 2.75) is 13.0 Å². The molecule has 1 aromatic rings. The van der Waals surface area contributed by atoms with Gasteiger partial charge in [-0.05, 0) is 48.8 Å². The van der Waals surface area contributed by atoms with Gasteiger partial charge in [-0.2, -0.15) is 0 Å². The third-order valence-electron chi connectivity index (χ3n) is 2.19. The summed E-state index contributed by atoms with van der Waals surface area (Å²) in [6, 6.07) is 7.62. The minimum Gasteiger partial charge on any atom is -0.491 e. The molecule has 0 saturated carbocycles. The first-order chi connectivity index (χ1) is 8.88. The lowest BCUT2D eigenvalue weighted by Crippen LogP contribution is -2.03. The Kier molecular flexibility index (Phi) is 4.32.